The Morgan fingerprint density at radius 1 is 1.05 bits per heavy atom. The van der Waals surface area contributed by atoms with Gasteiger partial charge < -0.3 is 10.6 Å². The molecule has 0 bridgehead atoms. The summed E-state index contributed by atoms with van der Waals surface area (Å²) < 4.78 is 0. The van der Waals surface area contributed by atoms with Gasteiger partial charge in [0.2, 0.25) is 0 Å². The van der Waals surface area contributed by atoms with Crippen LogP contribution in [0.5, 0.6) is 0 Å². The van der Waals surface area contributed by atoms with Crippen molar-refractivity contribution in [3.8, 4) is 0 Å². The minimum atomic E-state index is 0.0327. The monoisotopic (exact) mass is 282 g/mol. The molecular weight excluding hydrogens is 256 g/mol. The van der Waals surface area contributed by atoms with Crippen LogP contribution in [0.15, 0.2) is 48.5 Å². The van der Waals surface area contributed by atoms with E-state index in [0.29, 0.717) is 0 Å². The summed E-state index contributed by atoms with van der Waals surface area (Å²) >= 11 is 0. The molecule has 0 aromatic heterocycles. The Bertz CT molecular complexity index is 560. The third kappa shape index (κ3) is 4.08. The Kier molecular flexibility index (Phi) is 5.40. The number of aryl methyl sites for hydroxylation is 2. The molecule has 2 rings (SSSR count). The molecule has 2 nitrogen and oxygen atoms in total. The van der Waals surface area contributed by atoms with Crippen LogP contribution in [-0.4, -0.2) is 13.6 Å². The zero-order valence-electron chi connectivity index (χ0n) is 13.3. The van der Waals surface area contributed by atoms with E-state index in [1.54, 1.807) is 0 Å². The van der Waals surface area contributed by atoms with Crippen LogP contribution in [0.2, 0.25) is 0 Å². The summed E-state index contributed by atoms with van der Waals surface area (Å²) in [5.74, 6) is 0. The smallest absolute Gasteiger partial charge is 0.0473 e. The zero-order chi connectivity index (χ0) is 15.2. The molecule has 0 fully saturated rings. The lowest BCUT2D eigenvalue weighted by Crippen LogP contribution is -2.29. The van der Waals surface area contributed by atoms with Gasteiger partial charge >= 0.3 is 0 Å². The molecule has 21 heavy (non-hydrogen) atoms. The minimum absolute atomic E-state index is 0.0327. The van der Waals surface area contributed by atoms with Crippen molar-refractivity contribution in [1.82, 2.24) is 0 Å². The predicted octanol–water partition coefficient (Wildman–Crippen LogP) is 4.08. The second kappa shape index (κ2) is 7.28. The van der Waals surface area contributed by atoms with E-state index in [9.17, 15) is 0 Å². The van der Waals surface area contributed by atoms with E-state index >= 15 is 0 Å². The lowest BCUT2D eigenvalue weighted by molar-refractivity contribution is 0.702. The first-order chi connectivity index (χ1) is 10.1. The molecular formula is C19H26N2. The third-order valence-electron chi connectivity index (χ3n) is 3.94. The highest BCUT2D eigenvalue weighted by molar-refractivity contribution is 5.52. The van der Waals surface area contributed by atoms with Gasteiger partial charge in [-0.15, -0.1) is 0 Å². The van der Waals surface area contributed by atoms with E-state index in [-0.39, 0.29) is 6.04 Å². The van der Waals surface area contributed by atoms with Gasteiger partial charge in [0.1, 0.15) is 0 Å². The van der Waals surface area contributed by atoms with Gasteiger partial charge in [-0.25, -0.2) is 0 Å². The Hall–Kier alpha value is -1.80. The average Bonchev–Trinajstić information content (AvgIpc) is 2.48. The highest BCUT2D eigenvalue weighted by atomic mass is 15.1. The third-order valence-corrected chi connectivity index (χ3v) is 3.94. The highest BCUT2D eigenvalue weighted by Crippen LogP contribution is 2.21. The molecule has 1 unspecified atom stereocenters. The van der Waals surface area contributed by atoms with Crippen molar-refractivity contribution in [2.45, 2.75) is 32.7 Å². The Morgan fingerprint density at radius 3 is 2.33 bits per heavy atom. The SMILES string of the molecule is CCCc1ccc(C(N)CN(C)c2ccccc2C)cc1. The lowest BCUT2D eigenvalue weighted by Gasteiger charge is -2.25. The highest BCUT2D eigenvalue weighted by Gasteiger charge is 2.11. The number of rotatable bonds is 6. The molecule has 0 aliphatic rings. The summed E-state index contributed by atoms with van der Waals surface area (Å²) in [4.78, 5) is 2.24. The van der Waals surface area contributed by atoms with Crippen molar-refractivity contribution < 1.29 is 0 Å². The van der Waals surface area contributed by atoms with Crippen LogP contribution < -0.4 is 10.6 Å². The van der Waals surface area contributed by atoms with Gasteiger partial charge in [-0.3, -0.25) is 0 Å². The molecule has 2 aromatic carbocycles. The van der Waals surface area contributed by atoms with Crippen LogP contribution in [0.25, 0.3) is 0 Å². The molecule has 0 heterocycles. The fourth-order valence-corrected chi connectivity index (χ4v) is 2.71. The molecule has 0 aliphatic carbocycles. The van der Waals surface area contributed by atoms with E-state index in [0.717, 1.165) is 13.0 Å². The molecule has 0 amide bonds. The van der Waals surface area contributed by atoms with Crippen LogP contribution in [0.3, 0.4) is 0 Å². The molecule has 2 aromatic rings. The minimum Gasteiger partial charge on any atom is -0.372 e. The summed E-state index contributed by atoms with van der Waals surface area (Å²) in [7, 11) is 2.10. The van der Waals surface area contributed by atoms with Gasteiger partial charge in [0.15, 0.2) is 0 Å². The number of para-hydroxylation sites is 1. The first-order valence-electron chi connectivity index (χ1n) is 7.73. The second-order valence-corrected chi connectivity index (χ2v) is 5.77. The van der Waals surface area contributed by atoms with Crippen LogP contribution in [0.4, 0.5) is 5.69 Å². The molecule has 0 saturated carbocycles. The lowest BCUT2D eigenvalue weighted by atomic mass is 10.0. The van der Waals surface area contributed by atoms with Crippen molar-refractivity contribution in [3.63, 3.8) is 0 Å². The van der Waals surface area contributed by atoms with Crippen molar-refractivity contribution in [2.24, 2.45) is 5.73 Å². The fourth-order valence-electron chi connectivity index (χ4n) is 2.71. The molecule has 2 N–H and O–H groups in total. The first kappa shape index (κ1) is 15.6. The Morgan fingerprint density at radius 2 is 1.71 bits per heavy atom. The quantitative estimate of drug-likeness (QED) is 0.865. The Balaban J connectivity index is 2.03. The summed E-state index contributed by atoms with van der Waals surface area (Å²) in [6, 6.07) is 17.2. The van der Waals surface area contributed by atoms with Crippen molar-refractivity contribution in [3.05, 3.63) is 65.2 Å². The largest absolute Gasteiger partial charge is 0.372 e. The number of hydrogen-bond acceptors (Lipinski definition) is 2. The second-order valence-electron chi connectivity index (χ2n) is 5.77. The average molecular weight is 282 g/mol. The number of likely N-dealkylation sites (N-methyl/N-ethyl adjacent to an activating group) is 1. The Labute approximate surface area is 128 Å². The first-order valence-corrected chi connectivity index (χ1v) is 7.73. The van der Waals surface area contributed by atoms with E-state index in [1.807, 2.05) is 0 Å². The maximum Gasteiger partial charge on any atom is 0.0473 e. The number of hydrogen-bond donors (Lipinski definition) is 1. The summed E-state index contributed by atoms with van der Waals surface area (Å²) in [5, 5.41) is 0. The van der Waals surface area contributed by atoms with Gasteiger partial charge in [0, 0.05) is 25.3 Å². The number of benzene rings is 2. The topological polar surface area (TPSA) is 29.3 Å². The normalized spacial score (nSPS) is 12.2. The number of nitrogens with zero attached hydrogens (tertiary/aromatic N) is 1. The molecule has 0 aliphatic heterocycles. The van der Waals surface area contributed by atoms with Gasteiger partial charge in [-0.2, -0.15) is 0 Å². The van der Waals surface area contributed by atoms with E-state index in [1.165, 1.54) is 28.8 Å². The summed E-state index contributed by atoms with van der Waals surface area (Å²) in [6.07, 6.45) is 2.32. The summed E-state index contributed by atoms with van der Waals surface area (Å²) in [5.41, 5.74) is 11.5. The van der Waals surface area contributed by atoms with Gasteiger partial charge in [-0.05, 0) is 36.1 Å². The van der Waals surface area contributed by atoms with Crippen LogP contribution in [0.1, 0.15) is 36.1 Å². The number of anilines is 1. The van der Waals surface area contributed by atoms with Crippen LogP contribution in [-0.2, 0) is 6.42 Å². The molecule has 0 saturated heterocycles. The molecule has 0 radical (unpaired) electrons. The van der Waals surface area contributed by atoms with Gasteiger partial charge in [0.05, 0.1) is 0 Å². The van der Waals surface area contributed by atoms with Crippen molar-refractivity contribution >= 4 is 5.69 Å². The predicted molar refractivity (Wildman–Crippen MR) is 91.8 cm³/mol. The molecule has 1 atom stereocenters. The van der Waals surface area contributed by atoms with Crippen molar-refractivity contribution in [2.75, 3.05) is 18.5 Å². The molecule has 0 spiro atoms. The molecule has 2 heteroatoms. The maximum atomic E-state index is 6.37. The van der Waals surface area contributed by atoms with E-state index < -0.39 is 0 Å². The number of nitrogens with two attached hydrogens (primary N) is 1. The standard InChI is InChI=1S/C19H26N2/c1-4-7-16-10-12-17(13-11-16)18(20)14-21(3)19-9-6-5-8-15(19)2/h5-6,8-13,18H,4,7,14,20H2,1-3H3. The van der Waals surface area contributed by atoms with Gasteiger partial charge in [0.25, 0.3) is 0 Å². The molecule has 112 valence electrons. The van der Waals surface area contributed by atoms with E-state index in [2.05, 4.69) is 74.3 Å². The van der Waals surface area contributed by atoms with Crippen LogP contribution in [0, 0.1) is 6.92 Å². The zero-order valence-corrected chi connectivity index (χ0v) is 13.3. The van der Waals surface area contributed by atoms with E-state index in [4.69, 9.17) is 5.73 Å². The van der Waals surface area contributed by atoms with Crippen LogP contribution >= 0.6 is 0 Å². The maximum absolute atomic E-state index is 6.37. The van der Waals surface area contributed by atoms with Gasteiger partial charge in [-0.1, -0.05) is 55.8 Å². The fraction of sp³-hybridized carbons (Fsp3) is 0.368. The summed E-state index contributed by atoms with van der Waals surface area (Å²) in [6.45, 7) is 5.16. The van der Waals surface area contributed by atoms with Crippen molar-refractivity contribution in [1.29, 1.82) is 0 Å².